The van der Waals surface area contributed by atoms with Crippen molar-refractivity contribution in [2.75, 3.05) is 12.0 Å². The van der Waals surface area contributed by atoms with Crippen LogP contribution in [0.4, 0.5) is 5.69 Å². The van der Waals surface area contributed by atoms with Crippen molar-refractivity contribution in [1.29, 1.82) is 0 Å². The lowest BCUT2D eigenvalue weighted by Gasteiger charge is -2.26. The van der Waals surface area contributed by atoms with Gasteiger partial charge in [-0.25, -0.2) is 0 Å². The molecule has 2 N–H and O–H groups in total. The Labute approximate surface area is 198 Å². The molecule has 1 atom stereocenters. The van der Waals surface area contributed by atoms with Crippen LogP contribution in [0.2, 0.25) is 0 Å². The fraction of sp³-hybridized carbons (Fsp3) is 0.214. The van der Waals surface area contributed by atoms with E-state index in [9.17, 15) is 19.8 Å². The number of phenols is 1. The second-order valence-electron chi connectivity index (χ2n) is 8.69. The summed E-state index contributed by atoms with van der Waals surface area (Å²) in [5.41, 5.74) is 3.29. The van der Waals surface area contributed by atoms with E-state index in [1.807, 2.05) is 19.1 Å². The van der Waals surface area contributed by atoms with E-state index in [0.717, 1.165) is 11.1 Å². The number of carbonyl (C=O) groups excluding carboxylic acids is 2. The van der Waals surface area contributed by atoms with E-state index in [2.05, 4.69) is 13.8 Å². The molecule has 0 radical (unpaired) electrons. The number of Topliss-reactive ketones (excluding diaryl/α,β-unsaturated/α-hetero) is 1. The number of ether oxygens (including phenoxy) is 1. The Bertz CT molecular complexity index is 1290. The fourth-order valence-corrected chi connectivity index (χ4v) is 4.31. The van der Waals surface area contributed by atoms with Crippen LogP contribution in [0.1, 0.15) is 48.1 Å². The summed E-state index contributed by atoms with van der Waals surface area (Å²) in [5.74, 6) is -0.849. The summed E-state index contributed by atoms with van der Waals surface area (Å²) in [7, 11) is 1.56. The fourth-order valence-electron chi connectivity index (χ4n) is 4.31. The van der Waals surface area contributed by atoms with Crippen molar-refractivity contribution < 1.29 is 24.5 Å². The highest BCUT2D eigenvalue weighted by atomic mass is 16.5. The van der Waals surface area contributed by atoms with E-state index in [4.69, 9.17) is 4.74 Å². The van der Waals surface area contributed by atoms with Gasteiger partial charge in [-0.1, -0.05) is 38.1 Å². The molecule has 6 heteroatoms. The third-order valence-electron chi connectivity index (χ3n) is 6.14. The van der Waals surface area contributed by atoms with Gasteiger partial charge in [0.1, 0.15) is 17.3 Å². The maximum absolute atomic E-state index is 13.3. The number of aromatic hydroxyl groups is 1. The smallest absolute Gasteiger partial charge is 0.300 e. The Morgan fingerprint density at radius 1 is 1.00 bits per heavy atom. The minimum atomic E-state index is -0.903. The number of hydrogen-bond donors (Lipinski definition) is 2. The molecule has 0 aliphatic carbocycles. The topological polar surface area (TPSA) is 87.1 Å². The van der Waals surface area contributed by atoms with Gasteiger partial charge in [-0.3, -0.25) is 14.5 Å². The molecular formula is C28H27NO5. The first-order valence-electron chi connectivity index (χ1n) is 11.1. The predicted octanol–water partition coefficient (Wildman–Crippen LogP) is 5.46. The van der Waals surface area contributed by atoms with Crippen LogP contribution >= 0.6 is 0 Å². The number of aliphatic hydroxyl groups is 1. The standard InChI is InChI=1S/C28H27NO5/c1-16(2)18-8-11-21(12-9-18)29-25(19-6-5-7-22(30)15-19)24(27(32)28(29)33)26(31)20-10-13-23(34-4)17(3)14-20/h5-16,25,30-31H,1-4H3/b26-24-. The van der Waals surface area contributed by atoms with Crippen molar-refractivity contribution in [2.24, 2.45) is 0 Å². The zero-order valence-electron chi connectivity index (χ0n) is 19.6. The number of hydrogen-bond acceptors (Lipinski definition) is 5. The van der Waals surface area contributed by atoms with E-state index < -0.39 is 17.7 Å². The van der Waals surface area contributed by atoms with Gasteiger partial charge in [0.25, 0.3) is 11.7 Å². The Balaban J connectivity index is 1.91. The quantitative estimate of drug-likeness (QED) is 0.302. The number of carbonyl (C=O) groups is 2. The lowest BCUT2D eigenvalue weighted by molar-refractivity contribution is -0.132. The Hall–Kier alpha value is -4.06. The van der Waals surface area contributed by atoms with Gasteiger partial charge in [0.15, 0.2) is 0 Å². The highest BCUT2D eigenvalue weighted by Crippen LogP contribution is 2.43. The number of rotatable bonds is 5. The van der Waals surface area contributed by atoms with Gasteiger partial charge in [-0.2, -0.15) is 0 Å². The summed E-state index contributed by atoms with van der Waals surface area (Å²) in [6.07, 6.45) is 0. The van der Waals surface area contributed by atoms with E-state index >= 15 is 0 Å². The molecule has 3 aromatic carbocycles. The predicted molar refractivity (Wildman–Crippen MR) is 131 cm³/mol. The van der Waals surface area contributed by atoms with Crippen LogP contribution in [0.25, 0.3) is 5.76 Å². The SMILES string of the molecule is COc1ccc(/C(O)=C2/C(=O)C(=O)N(c3ccc(C(C)C)cc3)C2c2cccc(O)c2)cc1C. The molecule has 3 aromatic rings. The van der Waals surface area contributed by atoms with Gasteiger partial charge in [-0.15, -0.1) is 0 Å². The monoisotopic (exact) mass is 457 g/mol. The maximum Gasteiger partial charge on any atom is 0.300 e. The van der Waals surface area contributed by atoms with Crippen molar-refractivity contribution in [3.63, 3.8) is 0 Å². The summed E-state index contributed by atoms with van der Waals surface area (Å²) in [4.78, 5) is 27.9. The third-order valence-corrected chi connectivity index (χ3v) is 6.14. The zero-order chi connectivity index (χ0) is 24.6. The van der Waals surface area contributed by atoms with E-state index in [1.165, 1.54) is 17.0 Å². The summed E-state index contributed by atoms with van der Waals surface area (Å²) in [6, 6.07) is 18.0. The van der Waals surface area contributed by atoms with Crippen molar-refractivity contribution in [3.8, 4) is 11.5 Å². The highest BCUT2D eigenvalue weighted by molar-refractivity contribution is 6.51. The first kappa shape index (κ1) is 23.1. The molecule has 1 heterocycles. The first-order chi connectivity index (χ1) is 16.2. The van der Waals surface area contributed by atoms with Gasteiger partial charge in [-0.05, 0) is 72.0 Å². The van der Waals surface area contributed by atoms with Crippen molar-refractivity contribution >= 4 is 23.1 Å². The molecule has 1 amide bonds. The third kappa shape index (κ3) is 4.03. The number of ketones is 1. The van der Waals surface area contributed by atoms with Crippen LogP contribution in [-0.2, 0) is 9.59 Å². The molecule has 0 spiro atoms. The normalized spacial score (nSPS) is 17.4. The van der Waals surface area contributed by atoms with Crippen LogP contribution < -0.4 is 9.64 Å². The summed E-state index contributed by atoms with van der Waals surface area (Å²) in [6.45, 7) is 5.98. The van der Waals surface area contributed by atoms with Crippen LogP contribution in [0.15, 0.2) is 72.3 Å². The van der Waals surface area contributed by atoms with Crippen molar-refractivity contribution in [3.05, 3.63) is 94.6 Å². The first-order valence-corrected chi connectivity index (χ1v) is 11.1. The number of anilines is 1. The van der Waals surface area contributed by atoms with Crippen LogP contribution in [0.3, 0.4) is 0 Å². The number of aryl methyl sites for hydroxylation is 1. The number of nitrogens with zero attached hydrogens (tertiary/aromatic N) is 1. The van der Waals surface area contributed by atoms with Crippen LogP contribution in [-0.4, -0.2) is 29.0 Å². The van der Waals surface area contributed by atoms with Gasteiger partial charge in [0.05, 0.1) is 18.7 Å². The summed E-state index contributed by atoms with van der Waals surface area (Å²) in [5, 5.41) is 21.4. The Morgan fingerprint density at radius 3 is 2.29 bits per heavy atom. The Kier molecular flexibility index (Phi) is 6.16. The molecule has 1 aliphatic heterocycles. The van der Waals surface area contributed by atoms with Crippen molar-refractivity contribution in [2.45, 2.75) is 32.7 Å². The highest BCUT2D eigenvalue weighted by Gasteiger charge is 2.47. The number of methoxy groups -OCH3 is 1. The minimum absolute atomic E-state index is 0.00136. The average Bonchev–Trinajstić information content (AvgIpc) is 3.09. The molecule has 4 rings (SSSR count). The molecule has 1 saturated heterocycles. The molecule has 0 saturated carbocycles. The molecule has 6 nitrogen and oxygen atoms in total. The number of amides is 1. The molecule has 34 heavy (non-hydrogen) atoms. The van der Waals surface area contributed by atoms with Crippen molar-refractivity contribution in [1.82, 2.24) is 0 Å². The molecule has 174 valence electrons. The van der Waals surface area contributed by atoms with Crippen LogP contribution in [0, 0.1) is 6.92 Å². The average molecular weight is 458 g/mol. The van der Waals surface area contributed by atoms with Gasteiger partial charge in [0.2, 0.25) is 0 Å². The van der Waals surface area contributed by atoms with E-state index in [0.29, 0.717) is 28.5 Å². The number of aliphatic hydroxyl groups excluding tert-OH is 1. The number of benzene rings is 3. The Morgan fingerprint density at radius 2 is 1.71 bits per heavy atom. The number of phenolic OH excluding ortho intramolecular Hbond substituents is 1. The van der Waals surface area contributed by atoms with E-state index in [-0.39, 0.29) is 17.1 Å². The molecule has 0 aromatic heterocycles. The second kappa shape index (κ2) is 9.06. The molecular weight excluding hydrogens is 430 g/mol. The molecule has 1 fully saturated rings. The summed E-state index contributed by atoms with van der Waals surface area (Å²) < 4.78 is 5.29. The molecule has 1 aliphatic rings. The zero-order valence-corrected chi connectivity index (χ0v) is 19.6. The lowest BCUT2D eigenvalue weighted by atomic mass is 9.94. The lowest BCUT2D eigenvalue weighted by Crippen LogP contribution is -2.29. The minimum Gasteiger partial charge on any atom is -0.508 e. The van der Waals surface area contributed by atoms with Crippen LogP contribution in [0.5, 0.6) is 11.5 Å². The van der Waals surface area contributed by atoms with Gasteiger partial charge in [0, 0.05) is 11.3 Å². The largest absolute Gasteiger partial charge is 0.508 e. The molecule has 0 bridgehead atoms. The molecule has 1 unspecified atom stereocenters. The van der Waals surface area contributed by atoms with E-state index in [1.54, 1.807) is 49.6 Å². The maximum atomic E-state index is 13.3. The second-order valence-corrected chi connectivity index (χ2v) is 8.69. The summed E-state index contributed by atoms with van der Waals surface area (Å²) >= 11 is 0. The van der Waals surface area contributed by atoms with Gasteiger partial charge >= 0.3 is 0 Å². The van der Waals surface area contributed by atoms with Gasteiger partial charge < -0.3 is 14.9 Å².